The summed E-state index contributed by atoms with van der Waals surface area (Å²) in [6, 6.07) is 0. The zero-order chi connectivity index (χ0) is 7.58. The van der Waals surface area contributed by atoms with Gasteiger partial charge in [-0.15, -0.1) is 0 Å². The van der Waals surface area contributed by atoms with E-state index in [4.69, 9.17) is 0 Å². The van der Waals surface area contributed by atoms with Gasteiger partial charge in [-0.1, -0.05) is 63.3 Å². The van der Waals surface area contributed by atoms with E-state index in [1.54, 1.807) is 0 Å². The minimum absolute atomic E-state index is 0. The van der Waals surface area contributed by atoms with E-state index in [9.17, 15) is 0 Å². The zero-order valence-corrected chi connectivity index (χ0v) is 7.58. The molecule has 0 nitrogen and oxygen atoms in total. The highest BCUT2D eigenvalue weighted by Gasteiger charge is 1.68. The van der Waals surface area contributed by atoms with Crippen LogP contribution < -0.4 is 0 Å². The molecule has 0 fully saturated rings. The fourth-order valence-electron chi connectivity index (χ4n) is 0. The summed E-state index contributed by atoms with van der Waals surface area (Å²) in [6.45, 7) is 14.5. The van der Waals surface area contributed by atoms with Crippen molar-refractivity contribution < 1.29 is 0 Å². The molecule has 10 heavy (non-hydrogen) atoms. The molecule has 0 radical (unpaired) electrons. The molecule has 0 aromatic heterocycles. The van der Waals surface area contributed by atoms with Crippen molar-refractivity contribution in [3.63, 3.8) is 0 Å². The van der Waals surface area contributed by atoms with Gasteiger partial charge in [-0.3, -0.25) is 0 Å². The van der Waals surface area contributed by atoms with Crippen LogP contribution in [-0.2, 0) is 0 Å². The van der Waals surface area contributed by atoms with Gasteiger partial charge in [0.25, 0.3) is 0 Å². The van der Waals surface area contributed by atoms with Gasteiger partial charge in [-0.2, -0.15) is 0 Å². The van der Waals surface area contributed by atoms with E-state index in [0.717, 1.165) is 5.92 Å². The number of hydrogen-bond donors (Lipinski definition) is 0. The van der Waals surface area contributed by atoms with E-state index in [0.29, 0.717) is 0 Å². The lowest BCUT2D eigenvalue weighted by Gasteiger charge is -1.79. The van der Waals surface area contributed by atoms with E-state index >= 15 is 0 Å². The Morgan fingerprint density at radius 3 is 0.600 bits per heavy atom. The molecule has 0 aliphatic heterocycles. The number of rotatable bonds is 0. The highest BCUT2D eigenvalue weighted by Crippen LogP contribution is 1.81. The molecular formula is C10H30. The van der Waals surface area contributed by atoms with Gasteiger partial charge in [-0.05, 0) is 5.92 Å². The van der Waals surface area contributed by atoms with Gasteiger partial charge in [-0.25, -0.2) is 0 Å². The van der Waals surface area contributed by atoms with Crippen LogP contribution in [0, 0.1) is 5.92 Å². The zero-order valence-electron chi connectivity index (χ0n) is 7.58. The molecular weight excluding hydrogens is 120 g/mol. The summed E-state index contributed by atoms with van der Waals surface area (Å²) in [5.74, 6) is 0.833. The van der Waals surface area contributed by atoms with Crippen molar-refractivity contribution in [2.75, 3.05) is 0 Å². The maximum Gasteiger partial charge on any atom is -0.0500 e. The molecule has 0 aliphatic rings. The molecule has 0 amide bonds. The minimum Gasteiger partial charge on any atom is -0.0776 e. The molecule has 0 heteroatoms. The lowest BCUT2D eigenvalue weighted by Crippen LogP contribution is -1.66. The fourth-order valence-corrected chi connectivity index (χ4v) is 0. The van der Waals surface area contributed by atoms with Crippen LogP contribution in [0.2, 0.25) is 0 Å². The quantitative estimate of drug-likeness (QED) is 0.456. The SMILES string of the molecule is C.C.CC.CC.CC(C)C. The Hall–Kier alpha value is 0. The van der Waals surface area contributed by atoms with Gasteiger partial charge in [0, 0.05) is 0 Å². The Kier molecular flexibility index (Phi) is 207. The summed E-state index contributed by atoms with van der Waals surface area (Å²) in [5.41, 5.74) is 0. The van der Waals surface area contributed by atoms with Crippen molar-refractivity contribution >= 4 is 0 Å². The third-order valence-corrected chi connectivity index (χ3v) is 0. The Morgan fingerprint density at radius 1 is 0.600 bits per heavy atom. The fraction of sp³-hybridized carbons (Fsp3) is 1.00. The monoisotopic (exact) mass is 150 g/mol. The molecule has 0 spiro atoms. The largest absolute Gasteiger partial charge is 0.0776 e. The van der Waals surface area contributed by atoms with Crippen LogP contribution in [0.15, 0.2) is 0 Å². The molecule has 0 heterocycles. The van der Waals surface area contributed by atoms with Crippen molar-refractivity contribution in [1.29, 1.82) is 0 Å². The molecule has 0 N–H and O–H groups in total. The van der Waals surface area contributed by atoms with Gasteiger partial charge in [0.2, 0.25) is 0 Å². The molecule has 0 aromatic carbocycles. The summed E-state index contributed by atoms with van der Waals surface area (Å²) in [6.07, 6.45) is 0. The van der Waals surface area contributed by atoms with Crippen LogP contribution in [0.4, 0.5) is 0 Å². The first-order chi connectivity index (χ1) is 3.73. The third-order valence-electron chi connectivity index (χ3n) is 0. The van der Waals surface area contributed by atoms with Gasteiger partial charge in [0.05, 0.1) is 0 Å². The third kappa shape index (κ3) is 0. The summed E-state index contributed by atoms with van der Waals surface area (Å²) >= 11 is 0. The Labute approximate surface area is 70.0 Å². The molecule has 0 rings (SSSR count). The maximum atomic E-state index is 2.17. The predicted octanol–water partition coefficient (Wildman–Crippen LogP) is 4.99. The van der Waals surface area contributed by atoms with Crippen LogP contribution >= 0.6 is 0 Å². The van der Waals surface area contributed by atoms with Crippen LogP contribution in [-0.4, -0.2) is 0 Å². The van der Waals surface area contributed by atoms with Crippen LogP contribution in [0.5, 0.6) is 0 Å². The normalized spacial score (nSPS) is 4.80. The van der Waals surface area contributed by atoms with Gasteiger partial charge in [0.15, 0.2) is 0 Å². The van der Waals surface area contributed by atoms with E-state index in [1.165, 1.54) is 0 Å². The lowest BCUT2D eigenvalue weighted by molar-refractivity contribution is 0.737. The minimum atomic E-state index is 0. The van der Waals surface area contributed by atoms with E-state index in [1.807, 2.05) is 27.7 Å². The van der Waals surface area contributed by atoms with E-state index < -0.39 is 0 Å². The van der Waals surface area contributed by atoms with Crippen molar-refractivity contribution in [3.8, 4) is 0 Å². The van der Waals surface area contributed by atoms with Crippen molar-refractivity contribution in [2.24, 2.45) is 5.92 Å². The second-order valence-corrected chi connectivity index (χ2v) is 1.73. The van der Waals surface area contributed by atoms with E-state index in [-0.39, 0.29) is 14.9 Å². The Morgan fingerprint density at radius 2 is 0.600 bits per heavy atom. The first kappa shape index (κ1) is 32.4. The molecule has 0 bridgehead atoms. The molecule has 70 valence electrons. The standard InChI is InChI=1S/C4H10.2C2H6.2CH4/c1-4(2)3;2*1-2;;/h4H,1-3H3;2*1-2H3;2*1H4. The van der Waals surface area contributed by atoms with Crippen molar-refractivity contribution in [1.82, 2.24) is 0 Å². The second-order valence-electron chi connectivity index (χ2n) is 1.73. The first-order valence-electron chi connectivity index (χ1n) is 3.73. The van der Waals surface area contributed by atoms with Crippen LogP contribution in [0.3, 0.4) is 0 Å². The van der Waals surface area contributed by atoms with Crippen LogP contribution in [0.25, 0.3) is 0 Å². The molecule has 0 saturated carbocycles. The Balaban J connectivity index is -0.0000000125. The molecule has 0 unspecified atom stereocenters. The summed E-state index contributed by atoms with van der Waals surface area (Å²) < 4.78 is 0. The van der Waals surface area contributed by atoms with Gasteiger partial charge in [0.1, 0.15) is 0 Å². The summed E-state index contributed by atoms with van der Waals surface area (Å²) in [5, 5.41) is 0. The highest BCUT2D eigenvalue weighted by atomic mass is 13.7. The molecule has 0 aromatic rings. The average Bonchev–Trinajstić information content (AvgIpc) is 1.75. The lowest BCUT2D eigenvalue weighted by atomic mass is 10.3. The van der Waals surface area contributed by atoms with Crippen molar-refractivity contribution in [3.05, 3.63) is 0 Å². The predicted molar refractivity (Wildman–Crippen MR) is 56.7 cm³/mol. The van der Waals surface area contributed by atoms with Crippen molar-refractivity contribution in [2.45, 2.75) is 63.3 Å². The first-order valence-corrected chi connectivity index (χ1v) is 3.73. The topological polar surface area (TPSA) is 0 Å². The highest BCUT2D eigenvalue weighted by molar-refractivity contribution is 4.20. The second kappa shape index (κ2) is 64.0. The summed E-state index contributed by atoms with van der Waals surface area (Å²) in [7, 11) is 0. The number of hydrogen-bond acceptors (Lipinski definition) is 0. The summed E-state index contributed by atoms with van der Waals surface area (Å²) in [4.78, 5) is 0. The maximum absolute atomic E-state index is 2.17. The van der Waals surface area contributed by atoms with Gasteiger partial charge < -0.3 is 0 Å². The smallest absolute Gasteiger partial charge is 0.0500 e. The average molecular weight is 150 g/mol. The van der Waals surface area contributed by atoms with Crippen LogP contribution in [0.1, 0.15) is 63.3 Å². The molecule has 0 aliphatic carbocycles. The molecule has 0 saturated heterocycles. The van der Waals surface area contributed by atoms with Gasteiger partial charge >= 0.3 is 0 Å². The Bertz CT molecular complexity index is 4.75. The van der Waals surface area contributed by atoms with E-state index in [2.05, 4.69) is 20.8 Å². The molecule has 0 atom stereocenters.